The van der Waals surface area contributed by atoms with Gasteiger partial charge in [-0.1, -0.05) is 11.6 Å². The summed E-state index contributed by atoms with van der Waals surface area (Å²) in [6.45, 7) is 0. The maximum absolute atomic E-state index is 10.8. The smallest absolute Gasteiger partial charge is 0.155 e. The molecule has 0 unspecified atom stereocenters. The van der Waals surface area contributed by atoms with Gasteiger partial charge in [-0.05, 0) is 12.1 Å². The second-order valence-electron chi connectivity index (χ2n) is 2.77. The largest absolute Gasteiger partial charge is 0.463 e. The van der Waals surface area contributed by atoms with Crippen LogP contribution in [-0.4, -0.2) is 16.1 Å². The van der Waals surface area contributed by atoms with E-state index in [0.29, 0.717) is 28.5 Å². The van der Waals surface area contributed by atoms with E-state index in [9.17, 15) is 4.79 Å². The summed E-state index contributed by atoms with van der Waals surface area (Å²) in [4.78, 5) is 10.8. The zero-order chi connectivity index (χ0) is 10.1. The van der Waals surface area contributed by atoms with Gasteiger partial charge in [0.05, 0.1) is 11.8 Å². The van der Waals surface area contributed by atoms with Crippen molar-refractivity contribution < 1.29 is 9.21 Å². The zero-order valence-corrected chi connectivity index (χ0v) is 8.15. The van der Waals surface area contributed by atoms with Gasteiger partial charge in [-0.25, -0.2) is 0 Å². The first-order valence-corrected chi connectivity index (χ1v) is 4.33. The Morgan fingerprint density at radius 3 is 3.00 bits per heavy atom. The van der Waals surface area contributed by atoms with Gasteiger partial charge in [0.15, 0.2) is 12.0 Å². The summed E-state index contributed by atoms with van der Waals surface area (Å²) in [7, 11) is 1.67. The SMILES string of the molecule is Cn1nc(-c2ccco2)c(C=O)c1Cl. The fourth-order valence-electron chi connectivity index (χ4n) is 1.22. The number of aldehydes is 1. The third kappa shape index (κ3) is 1.24. The Hall–Kier alpha value is -1.55. The number of nitrogens with zero attached hydrogens (tertiary/aromatic N) is 2. The lowest BCUT2D eigenvalue weighted by Crippen LogP contribution is -1.89. The van der Waals surface area contributed by atoms with Crippen molar-refractivity contribution in [3.8, 4) is 11.5 Å². The van der Waals surface area contributed by atoms with Gasteiger partial charge in [0.25, 0.3) is 0 Å². The number of aromatic nitrogens is 2. The molecule has 2 aromatic rings. The first kappa shape index (κ1) is 9.02. The normalized spacial score (nSPS) is 10.4. The van der Waals surface area contributed by atoms with Crippen molar-refractivity contribution in [3.05, 3.63) is 29.1 Å². The Morgan fingerprint density at radius 1 is 1.64 bits per heavy atom. The van der Waals surface area contributed by atoms with Crippen molar-refractivity contribution in [3.63, 3.8) is 0 Å². The minimum Gasteiger partial charge on any atom is -0.463 e. The third-order valence-corrected chi connectivity index (χ3v) is 2.33. The predicted molar refractivity (Wildman–Crippen MR) is 51.3 cm³/mol. The maximum Gasteiger partial charge on any atom is 0.155 e. The molecule has 0 atom stereocenters. The van der Waals surface area contributed by atoms with Gasteiger partial charge in [0.2, 0.25) is 0 Å². The quantitative estimate of drug-likeness (QED) is 0.714. The Labute approximate surface area is 85.1 Å². The van der Waals surface area contributed by atoms with Crippen LogP contribution in [0.2, 0.25) is 5.15 Å². The summed E-state index contributed by atoms with van der Waals surface area (Å²) in [6.07, 6.45) is 2.19. The van der Waals surface area contributed by atoms with Crippen molar-refractivity contribution >= 4 is 17.9 Å². The number of hydrogen-bond donors (Lipinski definition) is 0. The summed E-state index contributed by atoms with van der Waals surface area (Å²) in [5, 5.41) is 4.39. The van der Waals surface area contributed by atoms with Gasteiger partial charge in [-0.15, -0.1) is 0 Å². The Balaban J connectivity index is 2.64. The molecule has 0 aliphatic carbocycles. The van der Waals surface area contributed by atoms with Crippen LogP contribution < -0.4 is 0 Å². The Kier molecular flexibility index (Phi) is 2.13. The zero-order valence-electron chi connectivity index (χ0n) is 7.40. The summed E-state index contributed by atoms with van der Waals surface area (Å²) in [5.41, 5.74) is 0.821. The number of hydrogen-bond acceptors (Lipinski definition) is 3. The molecule has 0 N–H and O–H groups in total. The second kappa shape index (κ2) is 3.31. The average Bonchev–Trinajstić information content (AvgIpc) is 2.76. The van der Waals surface area contributed by atoms with E-state index in [4.69, 9.17) is 16.0 Å². The Bertz CT molecular complexity index is 459. The van der Waals surface area contributed by atoms with Crippen LogP contribution in [-0.2, 0) is 7.05 Å². The third-order valence-electron chi connectivity index (χ3n) is 1.88. The van der Waals surface area contributed by atoms with Crippen LogP contribution in [0.1, 0.15) is 10.4 Å². The standard InChI is InChI=1S/C9H7ClN2O2/c1-12-9(10)6(5-13)8(11-12)7-3-2-4-14-7/h2-5H,1H3. The lowest BCUT2D eigenvalue weighted by atomic mass is 10.2. The second-order valence-corrected chi connectivity index (χ2v) is 3.13. The molecular formula is C9H7ClN2O2. The molecule has 2 heterocycles. The van der Waals surface area contributed by atoms with Crippen molar-refractivity contribution in [1.82, 2.24) is 9.78 Å². The van der Waals surface area contributed by atoms with Gasteiger partial charge in [-0.2, -0.15) is 5.10 Å². The number of halogens is 1. The van der Waals surface area contributed by atoms with Crippen LogP contribution in [0.5, 0.6) is 0 Å². The van der Waals surface area contributed by atoms with Gasteiger partial charge in [-0.3, -0.25) is 9.48 Å². The van der Waals surface area contributed by atoms with E-state index < -0.39 is 0 Å². The first-order valence-electron chi connectivity index (χ1n) is 3.95. The monoisotopic (exact) mass is 210 g/mol. The maximum atomic E-state index is 10.8. The van der Waals surface area contributed by atoms with E-state index in [0.717, 1.165) is 0 Å². The van der Waals surface area contributed by atoms with Gasteiger partial charge >= 0.3 is 0 Å². The van der Waals surface area contributed by atoms with Crippen LogP contribution in [0.25, 0.3) is 11.5 Å². The highest BCUT2D eigenvalue weighted by Gasteiger charge is 2.16. The molecule has 0 fully saturated rings. The summed E-state index contributed by atoms with van der Waals surface area (Å²) in [5.74, 6) is 0.537. The minimum atomic E-state index is 0.311. The topological polar surface area (TPSA) is 48.0 Å². The van der Waals surface area contributed by atoms with Crippen molar-refractivity contribution in [2.45, 2.75) is 0 Å². The van der Waals surface area contributed by atoms with Gasteiger partial charge in [0.1, 0.15) is 10.8 Å². The van der Waals surface area contributed by atoms with E-state index >= 15 is 0 Å². The fourth-order valence-corrected chi connectivity index (χ4v) is 1.39. The molecule has 0 saturated heterocycles. The molecule has 2 rings (SSSR count). The fraction of sp³-hybridized carbons (Fsp3) is 0.111. The molecule has 0 aromatic carbocycles. The molecule has 0 spiro atoms. The van der Waals surface area contributed by atoms with E-state index in [2.05, 4.69) is 5.10 Å². The molecule has 0 amide bonds. The predicted octanol–water partition coefficient (Wildman–Crippen LogP) is 2.15. The van der Waals surface area contributed by atoms with Crippen LogP contribution in [0.4, 0.5) is 0 Å². The molecule has 0 radical (unpaired) electrons. The molecule has 72 valence electrons. The molecular weight excluding hydrogens is 204 g/mol. The number of furan rings is 1. The van der Waals surface area contributed by atoms with E-state index in [1.54, 1.807) is 19.2 Å². The summed E-state index contributed by atoms with van der Waals surface area (Å²) in [6, 6.07) is 3.46. The molecule has 0 bridgehead atoms. The van der Waals surface area contributed by atoms with Crippen molar-refractivity contribution in [2.75, 3.05) is 0 Å². The number of rotatable bonds is 2. The molecule has 0 saturated carbocycles. The van der Waals surface area contributed by atoms with Crippen LogP contribution in [0, 0.1) is 0 Å². The minimum absolute atomic E-state index is 0.311. The average molecular weight is 211 g/mol. The first-order chi connectivity index (χ1) is 6.74. The van der Waals surface area contributed by atoms with Crippen molar-refractivity contribution in [1.29, 1.82) is 0 Å². The molecule has 5 heteroatoms. The highest BCUT2D eigenvalue weighted by atomic mass is 35.5. The van der Waals surface area contributed by atoms with Gasteiger partial charge < -0.3 is 4.42 Å². The molecule has 4 nitrogen and oxygen atoms in total. The van der Waals surface area contributed by atoms with Crippen molar-refractivity contribution in [2.24, 2.45) is 7.05 Å². The number of carbonyl (C=O) groups excluding carboxylic acids is 1. The van der Waals surface area contributed by atoms with E-state index in [1.165, 1.54) is 10.9 Å². The van der Waals surface area contributed by atoms with Gasteiger partial charge in [0, 0.05) is 7.05 Å². The number of carbonyl (C=O) groups is 1. The van der Waals surface area contributed by atoms with E-state index in [-0.39, 0.29) is 0 Å². The Morgan fingerprint density at radius 2 is 2.43 bits per heavy atom. The summed E-state index contributed by atoms with van der Waals surface area (Å²) < 4.78 is 6.57. The highest BCUT2D eigenvalue weighted by molar-refractivity contribution is 6.32. The number of aryl methyl sites for hydroxylation is 1. The molecule has 14 heavy (non-hydrogen) atoms. The summed E-state index contributed by atoms with van der Waals surface area (Å²) >= 11 is 5.86. The van der Waals surface area contributed by atoms with Crippen LogP contribution in [0.15, 0.2) is 22.8 Å². The van der Waals surface area contributed by atoms with E-state index in [1.807, 2.05) is 0 Å². The molecule has 2 aromatic heterocycles. The highest BCUT2D eigenvalue weighted by Crippen LogP contribution is 2.26. The lowest BCUT2D eigenvalue weighted by molar-refractivity contribution is 0.112. The molecule has 0 aliphatic rings. The molecule has 0 aliphatic heterocycles. The van der Waals surface area contributed by atoms with Crippen LogP contribution in [0.3, 0.4) is 0 Å². The van der Waals surface area contributed by atoms with Crippen LogP contribution >= 0.6 is 11.6 Å². The lowest BCUT2D eigenvalue weighted by Gasteiger charge is -1.89.